The van der Waals surface area contributed by atoms with Gasteiger partial charge in [-0.25, -0.2) is 0 Å². The minimum Gasteiger partial charge on any atom is -0.461 e. The predicted molar refractivity (Wildman–Crippen MR) is 138 cm³/mol. The Kier molecular flexibility index (Phi) is 5.51. The summed E-state index contributed by atoms with van der Waals surface area (Å²) in [5.41, 5.74) is 8.74. The summed E-state index contributed by atoms with van der Waals surface area (Å²) in [4.78, 5) is 2.63. The first-order chi connectivity index (χ1) is 14.8. The van der Waals surface area contributed by atoms with Gasteiger partial charge in [-0.1, -0.05) is 60.1 Å². The summed E-state index contributed by atoms with van der Waals surface area (Å²) < 4.78 is 6.33. The number of nitrogens with zero attached hydrogens (tertiary/aromatic N) is 1. The van der Waals surface area contributed by atoms with Crippen LogP contribution in [-0.2, 0) is 15.6 Å². The van der Waals surface area contributed by atoms with E-state index in [0.29, 0.717) is 0 Å². The Morgan fingerprint density at radius 2 is 1.47 bits per heavy atom. The van der Waals surface area contributed by atoms with Crippen molar-refractivity contribution < 1.29 is 4.74 Å². The number of anilines is 1. The molecule has 0 N–H and O–H groups in total. The van der Waals surface area contributed by atoms with Gasteiger partial charge in [0.25, 0.3) is 0 Å². The molecule has 0 saturated carbocycles. The van der Waals surface area contributed by atoms with Crippen LogP contribution in [0.15, 0.2) is 53.0 Å². The van der Waals surface area contributed by atoms with Crippen LogP contribution in [0.5, 0.6) is 0 Å². The van der Waals surface area contributed by atoms with E-state index >= 15 is 0 Å². The zero-order valence-electron chi connectivity index (χ0n) is 21.6. The average molecular weight is 432 g/mol. The third kappa shape index (κ3) is 4.21. The number of rotatable bonds is 2. The van der Waals surface area contributed by atoms with E-state index in [1.54, 1.807) is 0 Å². The second-order valence-electron chi connectivity index (χ2n) is 12.4. The van der Waals surface area contributed by atoms with Crippen molar-refractivity contribution in [2.24, 2.45) is 5.41 Å². The fourth-order valence-corrected chi connectivity index (χ4v) is 5.00. The van der Waals surface area contributed by atoms with Gasteiger partial charge in [0.15, 0.2) is 0 Å². The first kappa shape index (κ1) is 23.0. The fourth-order valence-electron chi connectivity index (χ4n) is 5.00. The number of allylic oxidation sites excluding steroid dienone is 6. The van der Waals surface area contributed by atoms with Crippen molar-refractivity contribution >= 4 is 11.8 Å². The minimum atomic E-state index is -0.0262. The second kappa shape index (κ2) is 7.68. The molecular weight excluding hydrogens is 390 g/mol. The van der Waals surface area contributed by atoms with Crippen molar-refractivity contribution in [1.82, 2.24) is 0 Å². The molecule has 0 aromatic heterocycles. The molecule has 0 amide bonds. The van der Waals surface area contributed by atoms with Crippen LogP contribution in [0.2, 0.25) is 0 Å². The molecule has 0 atom stereocenters. The lowest BCUT2D eigenvalue weighted by Gasteiger charge is -2.48. The monoisotopic (exact) mass is 431 g/mol. The van der Waals surface area contributed by atoms with Crippen molar-refractivity contribution in [3.8, 4) is 0 Å². The van der Waals surface area contributed by atoms with Crippen LogP contribution >= 0.6 is 0 Å². The molecule has 0 radical (unpaired) electrons. The van der Waals surface area contributed by atoms with Crippen LogP contribution in [0.3, 0.4) is 0 Å². The Morgan fingerprint density at radius 3 is 1.97 bits per heavy atom. The predicted octanol–water partition coefficient (Wildman–Crippen LogP) is 8.05. The average Bonchev–Trinajstić information content (AvgIpc) is 2.70. The molecule has 172 valence electrons. The van der Waals surface area contributed by atoms with Gasteiger partial charge in [-0.15, -0.1) is 0 Å². The van der Waals surface area contributed by atoms with Crippen molar-refractivity contribution in [1.29, 1.82) is 0 Å². The third-order valence-electron chi connectivity index (χ3n) is 7.49. The molecule has 0 bridgehead atoms. The number of hydrogen-bond acceptors (Lipinski definition) is 2. The Balaban J connectivity index is 1.75. The Morgan fingerprint density at radius 1 is 0.906 bits per heavy atom. The molecule has 0 saturated heterocycles. The zero-order valence-corrected chi connectivity index (χ0v) is 21.6. The van der Waals surface area contributed by atoms with E-state index in [1.807, 2.05) is 0 Å². The molecule has 2 heteroatoms. The smallest absolute Gasteiger partial charge is 0.127 e. The Labute approximate surface area is 195 Å². The lowest BCUT2D eigenvalue weighted by Crippen LogP contribution is -2.44. The van der Waals surface area contributed by atoms with Crippen LogP contribution in [-0.4, -0.2) is 13.1 Å². The Hall–Kier alpha value is -2.22. The van der Waals surface area contributed by atoms with E-state index in [-0.39, 0.29) is 16.2 Å². The van der Waals surface area contributed by atoms with E-state index in [4.69, 9.17) is 4.74 Å². The van der Waals surface area contributed by atoms with Gasteiger partial charge >= 0.3 is 0 Å². The maximum Gasteiger partial charge on any atom is 0.127 e. The minimum absolute atomic E-state index is 0.0262. The summed E-state index contributed by atoms with van der Waals surface area (Å²) >= 11 is 0. The standard InChI is InChI=1S/C30H41NO/c1-20(2)22-18-23(32-26(19-22)28(3,4)5)11-10-21-16-24-27-25(17-21)30(8,9)13-15-31(27)14-12-29(24,6)7/h10-11,16-19H,12-15H2,1-9H3. The fraction of sp³-hybridized carbons (Fsp3) is 0.533. The second-order valence-corrected chi connectivity index (χ2v) is 12.4. The maximum atomic E-state index is 6.33. The highest BCUT2D eigenvalue weighted by atomic mass is 16.5. The number of ether oxygens (including phenoxy) is 1. The van der Waals surface area contributed by atoms with E-state index in [0.717, 1.165) is 11.5 Å². The number of benzene rings is 1. The SMILES string of the molecule is CC(C)=C1C=C(C=Cc2cc3c4c(c2)C(C)(C)CCN4CCC3(C)C)OC(C(C)(C)C)=C1. The third-order valence-corrected chi connectivity index (χ3v) is 7.49. The molecule has 1 aromatic carbocycles. The highest BCUT2D eigenvalue weighted by molar-refractivity contribution is 5.72. The van der Waals surface area contributed by atoms with Gasteiger partial charge in [-0.05, 0) is 90.1 Å². The molecular formula is C30H41NO. The van der Waals surface area contributed by atoms with Gasteiger partial charge in [-0.3, -0.25) is 0 Å². The van der Waals surface area contributed by atoms with Gasteiger partial charge in [0.05, 0.1) is 0 Å². The molecule has 3 heterocycles. The molecule has 4 rings (SSSR count). The first-order valence-corrected chi connectivity index (χ1v) is 12.2. The van der Waals surface area contributed by atoms with Crippen LogP contribution in [0.25, 0.3) is 6.08 Å². The highest BCUT2D eigenvalue weighted by Crippen LogP contribution is 2.49. The summed E-state index contributed by atoms with van der Waals surface area (Å²) in [6.07, 6.45) is 11.2. The lowest BCUT2D eigenvalue weighted by molar-refractivity contribution is 0.223. The van der Waals surface area contributed by atoms with E-state index in [9.17, 15) is 0 Å². The highest BCUT2D eigenvalue weighted by Gasteiger charge is 2.39. The van der Waals surface area contributed by atoms with Crippen LogP contribution in [0.1, 0.15) is 91.8 Å². The molecule has 0 fully saturated rings. The van der Waals surface area contributed by atoms with E-state index in [1.165, 1.54) is 59.5 Å². The lowest BCUT2D eigenvalue weighted by atomic mass is 9.69. The Bertz CT molecular complexity index is 1010. The van der Waals surface area contributed by atoms with Crippen molar-refractivity contribution in [3.05, 3.63) is 69.7 Å². The summed E-state index contributed by atoms with van der Waals surface area (Å²) in [5, 5.41) is 0. The maximum absolute atomic E-state index is 6.33. The molecule has 1 aromatic rings. The van der Waals surface area contributed by atoms with Crippen molar-refractivity contribution in [2.45, 2.75) is 86.0 Å². The molecule has 32 heavy (non-hydrogen) atoms. The summed E-state index contributed by atoms with van der Waals surface area (Å²) in [6.45, 7) is 22.9. The van der Waals surface area contributed by atoms with Crippen LogP contribution in [0, 0.1) is 5.41 Å². The van der Waals surface area contributed by atoms with Gasteiger partial charge in [-0.2, -0.15) is 0 Å². The molecule has 0 unspecified atom stereocenters. The zero-order chi connectivity index (χ0) is 23.5. The largest absolute Gasteiger partial charge is 0.461 e. The molecule has 3 aliphatic rings. The quantitative estimate of drug-likeness (QED) is 0.469. The summed E-state index contributed by atoms with van der Waals surface area (Å²) in [6, 6.07) is 4.85. The summed E-state index contributed by atoms with van der Waals surface area (Å²) in [7, 11) is 0. The number of hydrogen-bond donors (Lipinski definition) is 0. The van der Waals surface area contributed by atoms with Crippen LogP contribution < -0.4 is 4.90 Å². The van der Waals surface area contributed by atoms with Gasteiger partial charge in [0.1, 0.15) is 11.5 Å². The van der Waals surface area contributed by atoms with Crippen molar-refractivity contribution in [2.75, 3.05) is 18.0 Å². The van der Waals surface area contributed by atoms with Crippen molar-refractivity contribution in [3.63, 3.8) is 0 Å². The normalized spacial score (nSPS) is 21.7. The van der Waals surface area contributed by atoms with Crippen LogP contribution in [0.4, 0.5) is 5.69 Å². The van der Waals surface area contributed by atoms with Gasteiger partial charge in [0, 0.05) is 24.2 Å². The van der Waals surface area contributed by atoms with Gasteiger partial charge in [0.2, 0.25) is 0 Å². The molecule has 3 aliphatic heterocycles. The van der Waals surface area contributed by atoms with E-state index < -0.39 is 0 Å². The molecule has 0 spiro atoms. The topological polar surface area (TPSA) is 12.5 Å². The molecule has 0 aliphatic carbocycles. The summed E-state index contributed by atoms with van der Waals surface area (Å²) in [5.74, 6) is 1.94. The van der Waals surface area contributed by atoms with E-state index in [2.05, 4.69) is 104 Å². The molecule has 2 nitrogen and oxygen atoms in total. The first-order valence-electron chi connectivity index (χ1n) is 12.2. The van der Waals surface area contributed by atoms with Gasteiger partial charge < -0.3 is 9.64 Å².